The van der Waals surface area contributed by atoms with E-state index in [4.69, 9.17) is 0 Å². The number of hydrogen-bond donors (Lipinski definition) is 1. The molecule has 0 aromatic carbocycles. The molecule has 0 aromatic rings. The van der Waals surface area contributed by atoms with Crippen LogP contribution in [0.15, 0.2) is 0 Å². The first-order valence-electron chi connectivity index (χ1n) is 4.93. The summed E-state index contributed by atoms with van der Waals surface area (Å²) >= 11 is 0. The molecule has 0 bridgehead atoms. The fraction of sp³-hybridized carbons (Fsp3) is 1.00. The van der Waals surface area contributed by atoms with Crippen LogP contribution in [0.3, 0.4) is 0 Å². The van der Waals surface area contributed by atoms with Crippen LogP contribution in [0.1, 0.15) is 39.5 Å². The van der Waals surface area contributed by atoms with Crippen molar-refractivity contribution in [3.05, 3.63) is 0 Å². The fourth-order valence-electron chi connectivity index (χ4n) is 2.30. The largest absolute Gasteiger partial charge is 0.317 e. The quantitative estimate of drug-likeness (QED) is 0.645. The monoisotopic (exact) mass is 155 g/mol. The van der Waals surface area contributed by atoms with Gasteiger partial charge in [0.25, 0.3) is 0 Å². The first-order chi connectivity index (χ1) is 5.25. The molecule has 0 spiro atoms. The van der Waals surface area contributed by atoms with Crippen LogP contribution in [0.2, 0.25) is 0 Å². The van der Waals surface area contributed by atoms with Gasteiger partial charge in [0.05, 0.1) is 0 Å². The Morgan fingerprint density at radius 3 is 2.45 bits per heavy atom. The lowest BCUT2D eigenvalue weighted by atomic mass is 9.77. The smallest absolute Gasteiger partial charge is 0.00665 e. The molecule has 1 aliphatic carbocycles. The van der Waals surface area contributed by atoms with E-state index in [-0.39, 0.29) is 0 Å². The molecule has 0 aromatic heterocycles. The summed E-state index contributed by atoms with van der Waals surface area (Å²) in [6, 6.07) is 0.713. The average molecular weight is 155 g/mol. The molecule has 1 aliphatic rings. The van der Waals surface area contributed by atoms with Gasteiger partial charge in [0.15, 0.2) is 0 Å². The molecule has 3 unspecified atom stereocenters. The van der Waals surface area contributed by atoms with E-state index in [1.807, 2.05) is 0 Å². The third-order valence-electron chi connectivity index (χ3n) is 3.28. The van der Waals surface area contributed by atoms with Crippen molar-refractivity contribution in [1.82, 2.24) is 5.32 Å². The molecule has 66 valence electrons. The van der Waals surface area contributed by atoms with Gasteiger partial charge in [-0.3, -0.25) is 0 Å². The predicted molar refractivity (Wildman–Crippen MR) is 49.6 cm³/mol. The topological polar surface area (TPSA) is 12.0 Å². The lowest BCUT2D eigenvalue weighted by Gasteiger charge is -2.33. The number of rotatable bonds is 2. The second-order valence-corrected chi connectivity index (χ2v) is 4.00. The van der Waals surface area contributed by atoms with E-state index in [0.717, 1.165) is 11.8 Å². The first kappa shape index (κ1) is 9.05. The van der Waals surface area contributed by atoms with Crippen LogP contribution >= 0.6 is 0 Å². The zero-order valence-electron chi connectivity index (χ0n) is 8.06. The van der Waals surface area contributed by atoms with Crippen molar-refractivity contribution < 1.29 is 0 Å². The second-order valence-electron chi connectivity index (χ2n) is 4.00. The Labute approximate surface area is 70.6 Å². The summed E-state index contributed by atoms with van der Waals surface area (Å²) in [6.45, 7) is 4.71. The molecule has 1 fully saturated rings. The van der Waals surface area contributed by atoms with E-state index in [1.54, 1.807) is 0 Å². The molecular formula is C10H21N. The standard InChI is InChI=1S/C10H21N/c1-8-6-4-5-7-10(8)9(2)11-3/h8-11H,4-7H2,1-3H3. The molecule has 1 N–H and O–H groups in total. The van der Waals surface area contributed by atoms with Crippen molar-refractivity contribution in [3.63, 3.8) is 0 Å². The van der Waals surface area contributed by atoms with E-state index < -0.39 is 0 Å². The predicted octanol–water partition coefficient (Wildman–Crippen LogP) is 2.42. The summed E-state index contributed by atoms with van der Waals surface area (Å²) in [5.41, 5.74) is 0. The number of hydrogen-bond acceptors (Lipinski definition) is 1. The molecule has 1 rings (SSSR count). The summed E-state index contributed by atoms with van der Waals surface area (Å²) in [4.78, 5) is 0. The maximum atomic E-state index is 3.37. The van der Waals surface area contributed by atoms with Crippen LogP contribution in [0, 0.1) is 11.8 Å². The van der Waals surface area contributed by atoms with Crippen LogP contribution < -0.4 is 5.32 Å². The van der Waals surface area contributed by atoms with Gasteiger partial charge in [-0.15, -0.1) is 0 Å². The van der Waals surface area contributed by atoms with Gasteiger partial charge in [-0.2, -0.15) is 0 Å². The van der Waals surface area contributed by atoms with E-state index in [0.29, 0.717) is 6.04 Å². The maximum Gasteiger partial charge on any atom is 0.00665 e. The van der Waals surface area contributed by atoms with Crippen LogP contribution in [0.4, 0.5) is 0 Å². The summed E-state index contributed by atoms with van der Waals surface area (Å²) in [5, 5.41) is 3.37. The Bertz CT molecular complexity index is 107. The molecule has 0 heterocycles. The minimum Gasteiger partial charge on any atom is -0.317 e. The summed E-state index contributed by atoms with van der Waals surface area (Å²) < 4.78 is 0. The Morgan fingerprint density at radius 1 is 1.27 bits per heavy atom. The third-order valence-corrected chi connectivity index (χ3v) is 3.28. The van der Waals surface area contributed by atoms with Gasteiger partial charge in [-0.1, -0.05) is 26.2 Å². The molecule has 1 heteroatoms. The van der Waals surface area contributed by atoms with E-state index in [2.05, 4.69) is 26.2 Å². The normalized spacial score (nSPS) is 35.2. The minimum absolute atomic E-state index is 0.713. The molecule has 0 radical (unpaired) electrons. The van der Waals surface area contributed by atoms with Gasteiger partial charge < -0.3 is 5.32 Å². The molecule has 1 nitrogen and oxygen atoms in total. The van der Waals surface area contributed by atoms with Crippen molar-refractivity contribution in [1.29, 1.82) is 0 Å². The highest BCUT2D eigenvalue weighted by molar-refractivity contribution is 4.79. The molecular weight excluding hydrogens is 134 g/mol. The highest BCUT2D eigenvalue weighted by Gasteiger charge is 2.24. The van der Waals surface area contributed by atoms with Crippen molar-refractivity contribution >= 4 is 0 Å². The highest BCUT2D eigenvalue weighted by atomic mass is 14.9. The highest BCUT2D eigenvalue weighted by Crippen LogP contribution is 2.31. The Morgan fingerprint density at radius 2 is 1.91 bits per heavy atom. The minimum atomic E-state index is 0.713. The fourth-order valence-corrected chi connectivity index (χ4v) is 2.30. The van der Waals surface area contributed by atoms with Gasteiger partial charge >= 0.3 is 0 Å². The van der Waals surface area contributed by atoms with Gasteiger partial charge in [0.1, 0.15) is 0 Å². The van der Waals surface area contributed by atoms with E-state index >= 15 is 0 Å². The first-order valence-corrected chi connectivity index (χ1v) is 4.93. The van der Waals surface area contributed by atoms with Crippen LogP contribution in [-0.2, 0) is 0 Å². The lowest BCUT2D eigenvalue weighted by Crippen LogP contribution is -2.35. The molecule has 3 atom stereocenters. The third kappa shape index (κ3) is 2.19. The van der Waals surface area contributed by atoms with E-state index in [9.17, 15) is 0 Å². The Balaban J connectivity index is 2.40. The van der Waals surface area contributed by atoms with Crippen LogP contribution in [0.5, 0.6) is 0 Å². The molecule has 0 saturated heterocycles. The maximum absolute atomic E-state index is 3.37. The molecule has 1 saturated carbocycles. The van der Waals surface area contributed by atoms with Crippen LogP contribution in [-0.4, -0.2) is 13.1 Å². The second kappa shape index (κ2) is 4.10. The molecule has 0 aliphatic heterocycles. The SMILES string of the molecule is CNC(C)C1CCCCC1C. The van der Waals surface area contributed by atoms with E-state index in [1.165, 1.54) is 25.7 Å². The number of nitrogens with one attached hydrogen (secondary N) is 1. The van der Waals surface area contributed by atoms with Gasteiger partial charge in [-0.05, 0) is 32.2 Å². The van der Waals surface area contributed by atoms with Crippen LogP contribution in [0.25, 0.3) is 0 Å². The van der Waals surface area contributed by atoms with Gasteiger partial charge in [-0.25, -0.2) is 0 Å². The lowest BCUT2D eigenvalue weighted by molar-refractivity contribution is 0.209. The Hall–Kier alpha value is -0.0400. The van der Waals surface area contributed by atoms with Crippen molar-refractivity contribution in [2.45, 2.75) is 45.6 Å². The summed E-state index contributed by atoms with van der Waals surface area (Å²) in [7, 11) is 2.08. The Kier molecular flexibility index (Phi) is 3.38. The van der Waals surface area contributed by atoms with Gasteiger partial charge in [0.2, 0.25) is 0 Å². The molecule has 11 heavy (non-hydrogen) atoms. The average Bonchev–Trinajstić information content (AvgIpc) is 2.04. The summed E-state index contributed by atoms with van der Waals surface area (Å²) in [5.74, 6) is 1.86. The zero-order chi connectivity index (χ0) is 8.27. The summed E-state index contributed by atoms with van der Waals surface area (Å²) in [6.07, 6.45) is 5.77. The van der Waals surface area contributed by atoms with Crippen molar-refractivity contribution in [3.8, 4) is 0 Å². The van der Waals surface area contributed by atoms with Crippen molar-refractivity contribution in [2.24, 2.45) is 11.8 Å². The van der Waals surface area contributed by atoms with Crippen molar-refractivity contribution in [2.75, 3.05) is 7.05 Å². The zero-order valence-corrected chi connectivity index (χ0v) is 8.06. The molecule has 0 amide bonds. The van der Waals surface area contributed by atoms with Gasteiger partial charge in [0, 0.05) is 6.04 Å².